The highest BCUT2D eigenvalue weighted by Crippen LogP contribution is 2.26. The first-order chi connectivity index (χ1) is 12.7. The van der Waals surface area contributed by atoms with Crippen LogP contribution < -0.4 is 10.6 Å². The van der Waals surface area contributed by atoms with Crippen molar-refractivity contribution < 1.29 is 4.79 Å². The van der Waals surface area contributed by atoms with Crippen LogP contribution in [-0.4, -0.2) is 21.0 Å². The topological polar surface area (TPSA) is 82.7 Å². The van der Waals surface area contributed by atoms with Crippen LogP contribution >= 0.6 is 0 Å². The Hall–Kier alpha value is -3.15. The van der Waals surface area contributed by atoms with Gasteiger partial charge in [0.2, 0.25) is 0 Å². The third kappa shape index (κ3) is 4.27. The van der Waals surface area contributed by atoms with Crippen LogP contribution in [0.2, 0.25) is 0 Å². The van der Waals surface area contributed by atoms with Crippen LogP contribution in [0.15, 0.2) is 55.0 Å². The number of nitrogens with zero attached hydrogens (tertiary/aromatic N) is 2. The van der Waals surface area contributed by atoms with E-state index in [-0.39, 0.29) is 11.9 Å². The van der Waals surface area contributed by atoms with Crippen LogP contribution in [0.1, 0.15) is 42.4 Å². The quantitative estimate of drug-likeness (QED) is 0.632. The molecule has 0 saturated carbocycles. The van der Waals surface area contributed by atoms with Crippen molar-refractivity contribution in [1.82, 2.24) is 20.3 Å². The molecule has 3 aromatic rings. The van der Waals surface area contributed by atoms with Crippen molar-refractivity contribution in [2.45, 2.75) is 32.7 Å². The Balaban J connectivity index is 1.58. The number of aromatic amines is 1. The van der Waals surface area contributed by atoms with Gasteiger partial charge in [-0.25, -0.2) is 9.78 Å². The van der Waals surface area contributed by atoms with E-state index in [0.717, 1.165) is 29.2 Å². The lowest BCUT2D eigenvalue weighted by atomic mass is 9.95. The van der Waals surface area contributed by atoms with Gasteiger partial charge in [0.1, 0.15) is 0 Å². The molecule has 26 heavy (non-hydrogen) atoms. The molecule has 0 radical (unpaired) electrons. The molecule has 134 valence electrons. The van der Waals surface area contributed by atoms with Crippen LogP contribution in [0.5, 0.6) is 0 Å². The van der Waals surface area contributed by atoms with Gasteiger partial charge in [-0.3, -0.25) is 4.98 Å². The molecule has 2 aromatic heterocycles. The van der Waals surface area contributed by atoms with Crippen molar-refractivity contribution in [1.29, 1.82) is 0 Å². The van der Waals surface area contributed by atoms with E-state index in [1.165, 1.54) is 5.56 Å². The number of amides is 2. The van der Waals surface area contributed by atoms with Crippen molar-refractivity contribution in [3.8, 4) is 0 Å². The summed E-state index contributed by atoms with van der Waals surface area (Å²) < 4.78 is 0. The summed E-state index contributed by atoms with van der Waals surface area (Å²) in [4.78, 5) is 23.8. The van der Waals surface area contributed by atoms with Gasteiger partial charge in [-0.05, 0) is 36.2 Å². The van der Waals surface area contributed by atoms with Crippen molar-refractivity contribution in [2.75, 3.05) is 5.32 Å². The number of H-pyrrole nitrogens is 1. The predicted molar refractivity (Wildman–Crippen MR) is 102 cm³/mol. The molecular weight excluding hydrogens is 326 g/mol. The van der Waals surface area contributed by atoms with Gasteiger partial charge < -0.3 is 15.6 Å². The molecule has 0 saturated heterocycles. The molecule has 2 heterocycles. The lowest BCUT2D eigenvalue weighted by Crippen LogP contribution is -2.28. The largest absolute Gasteiger partial charge is 0.348 e. The van der Waals surface area contributed by atoms with Crippen LogP contribution in [0, 0.1) is 0 Å². The second-order valence-corrected chi connectivity index (χ2v) is 6.09. The first-order valence-corrected chi connectivity index (χ1v) is 8.74. The Labute approximate surface area is 153 Å². The van der Waals surface area contributed by atoms with E-state index in [0.29, 0.717) is 6.54 Å². The summed E-state index contributed by atoms with van der Waals surface area (Å²) in [5.74, 6) is 0.222. The van der Waals surface area contributed by atoms with Crippen molar-refractivity contribution in [2.24, 2.45) is 0 Å². The summed E-state index contributed by atoms with van der Waals surface area (Å²) in [6, 6.07) is 13.2. The van der Waals surface area contributed by atoms with Crippen LogP contribution in [0.3, 0.4) is 0 Å². The van der Waals surface area contributed by atoms with E-state index in [1.54, 1.807) is 12.5 Å². The van der Waals surface area contributed by atoms with Gasteiger partial charge in [0.05, 0.1) is 24.3 Å². The lowest BCUT2D eigenvalue weighted by Gasteiger charge is -2.13. The molecule has 1 aromatic carbocycles. The Morgan fingerprint density at radius 1 is 1.15 bits per heavy atom. The number of carbonyl (C=O) groups excluding carboxylic acids is 1. The number of nitrogens with one attached hydrogen (secondary N) is 3. The number of hydrogen-bond acceptors (Lipinski definition) is 3. The standard InChI is InChI=1S/C20H23N5O/c1-3-18-19(24-13-23-18)14(2)15-7-9-16(10-8-15)25-20(26)22-12-17-6-4-5-11-21-17/h4-11,13-14H,3,12H2,1-2H3,(H,23,24)(H2,22,25,26)/t14-/m0/s1. The first kappa shape index (κ1) is 17.7. The monoisotopic (exact) mass is 349 g/mol. The molecule has 0 aliphatic carbocycles. The van der Waals surface area contributed by atoms with Gasteiger partial charge in [-0.15, -0.1) is 0 Å². The van der Waals surface area contributed by atoms with Crippen molar-refractivity contribution >= 4 is 11.7 Å². The smallest absolute Gasteiger partial charge is 0.319 e. The van der Waals surface area contributed by atoms with Crippen molar-refractivity contribution in [3.05, 3.63) is 77.6 Å². The molecule has 3 N–H and O–H groups in total. The van der Waals surface area contributed by atoms with Gasteiger partial charge in [0, 0.05) is 23.5 Å². The lowest BCUT2D eigenvalue weighted by molar-refractivity contribution is 0.251. The molecule has 0 unspecified atom stereocenters. The molecule has 0 bridgehead atoms. The zero-order valence-electron chi connectivity index (χ0n) is 15.0. The number of benzene rings is 1. The predicted octanol–water partition coefficient (Wildman–Crippen LogP) is 3.84. The van der Waals surface area contributed by atoms with Gasteiger partial charge in [0.25, 0.3) is 0 Å². The number of anilines is 1. The number of aryl methyl sites for hydroxylation is 1. The maximum absolute atomic E-state index is 12.0. The highest BCUT2D eigenvalue weighted by molar-refractivity contribution is 5.89. The summed E-state index contributed by atoms with van der Waals surface area (Å²) in [6.45, 7) is 4.64. The van der Waals surface area contributed by atoms with E-state index < -0.39 is 0 Å². The molecule has 6 heteroatoms. The third-order valence-electron chi connectivity index (χ3n) is 4.34. The normalized spacial score (nSPS) is 11.8. The van der Waals surface area contributed by atoms with E-state index in [2.05, 4.69) is 39.4 Å². The number of imidazole rings is 1. The molecule has 0 fully saturated rings. The van der Waals surface area contributed by atoms with Gasteiger partial charge in [-0.2, -0.15) is 0 Å². The number of hydrogen-bond donors (Lipinski definition) is 3. The van der Waals surface area contributed by atoms with Crippen LogP contribution in [-0.2, 0) is 13.0 Å². The summed E-state index contributed by atoms with van der Waals surface area (Å²) >= 11 is 0. The summed E-state index contributed by atoms with van der Waals surface area (Å²) in [5.41, 5.74) is 4.97. The number of urea groups is 1. The average molecular weight is 349 g/mol. The van der Waals surface area contributed by atoms with Crippen LogP contribution in [0.4, 0.5) is 10.5 Å². The molecule has 0 aliphatic heterocycles. The third-order valence-corrected chi connectivity index (χ3v) is 4.34. The highest BCUT2D eigenvalue weighted by Gasteiger charge is 2.14. The highest BCUT2D eigenvalue weighted by atomic mass is 16.2. The fourth-order valence-corrected chi connectivity index (χ4v) is 2.86. The minimum atomic E-state index is -0.252. The number of aromatic nitrogens is 3. The molecule has 0 aliphatic rings. The Morgan fingerprint density at radius 3 is 2.65 bits per heavy atom. The van der Waals surface area contributed by atoms with E-state index in [9.17, 15) is 4.79 Å². The van der Waals surface area contributed by atoms with E-state index in [4.69, 9.17) is 0 Å². The fraction of sp³-hybridized carbons (Fsp3) is 0.250. The number of carbonyl (C=O) groups is 1. The van der Waals surface area contributed by atoms with E-state index in [1.807, 2.05) is 42.5 Å². The Bertz CT molecular complexity index is 842. The second-order valence-electron chi connectivity index (χ2n) is 6.09. The molecule has 6 nitrogen and oxygen atoms in total. The molecule has 2 amide bonds. The fourth-order valence-electron chi connectivity index (χ4n) is 2.86. The average Bonchev–Trinajstić information content (AvgIpc) is 3.16. The molecular formula is C20H23N5O. The maximum atomic E-state index is 12.0. The SMILES string of the molecule is CCc1nc[nH]c1[C@@H](C)c1ccc(NC(=O)NCc2ccccn2)cc1. The minimum absolute atomic E-state index is 0.222. The Kier molecular flexibility index (Phi) is 5.63. The maximum Gasteiger partial charge on any atom is 0.319 e. The number of rotatable bonds is 6. The Morgan fingerprint density at radius 2 is 1.96 bits per heavy atom. The van der Waals surface area contributed by atoms with Gasteiger partial charge >= 0.3 is 6.03 Å². The van der Waals surface area contributed by atoms with Gasteiger partial charge in [-0.1, -0.05) is 32.0 Å². The summed E-state index contributed by atoms with van der Waals surface area (Å²) in [7, 11) is 0. The second kappa shape index (κ2) is 8.29. The number of pyridine rings is 1. The van der Waals surface area contributed by atoms with Crippen LogP contribution in [0.25, 0.3) is 0 Å². The van der Waals surface area contributed by atoms with Gasteiger partial charge in [0.15, 0.2) is 0 Å². The summed E-state index contributed by atoms with van der Waals surface area (Å²) in [6.07, 6.45) is 4.35. The molecule has 3 rings (SSSR count). The molecule has 1 atom stereocenters. The zero-order valence-corrected chi connectivity index (χ0v) is 15.0. The zero-order chi connectivity index (χ0) is 18.4. The minimum Gasteiger partial charge on any atom is -0.348 e. The van der Waals surface area contributed by atoms with Crippen molar-refractivity contribution in [3.63, 3.8) is 0 Å². The molecule has 0 spiro atoms. The summed E-state index contributed by atoms with van der Waals surface area (Å²) in [5, 5.41) is 5.63. The van der Waals surface area contributed by atoms with E-state index >= 15 is 0 Å². The first-order valence-electron chi connectivity index (χ1n) is 8.74.